The van der Waals surface area contributed by atoms with Gasteiger partial charge in [0.1, 0.15) is 0 Å². The van der Waals surface area contributed by atoms with E-state index in [2.05, 4.69) is 39.1 Å². The van der Waals surface area contributed by atoms with Crippen LogP contribution < -0.4 is 5.73 Å². The van der Waals surface area contributed by atoms with Gasteiger partial charge in [0.25, 0.3) is 0 Å². The highest BCUT2D eigenvalue weighted by Gasteiger charge is 2.39. The Morgan fingerprint density at radius 3 is 2.86 bits per heavy atom. The van der Waals surface area contributed by atoms with E-state index in [1.54, 1.807) is 0 Å². The maximum atomic E-state index is 6.14. The second-order valence-corrected chi connectivity index (χ2v) is 4.91. The number of hydrogen-bond donors (Lipinski definition) is 2. The largest absolute Gasteiger partial charge is 0.360 e. The van der Waals surface area contributed by atoms with E-state index in [0.717, 1.165) is 22.8 Å². The Balaban J connectivity index is 2.21. The molecule has 0 amide bonds. The van der Waals surface area contributed by atoms with Crippen molar-refractivity contribution in [2.75, 3.05) is 0 Å². The second-order valence-electron chi connectivity index (χ2n) is 4.05. The third kappa shape index (κ3) is 1.12. The maximum Gasteiger partial charge on any atom is 0.0469 e. The van der Waals surface area contributed by atoms with E-state index in [9.17, 15) is 0 Å². The van der Waals surface area contributed by atoms with Gasteiger partial charge in [-0.1, -0.05) is 12.1 Å². The van der Waals surface area contributed by atoms with Crippen LogP contribution in [0.25, 0.3) is 10.9 Å². The lowest BCUT2D eigenvalue weighted by Gasteiger charge is -2.08. The molecular formula is C11H11BrN2. The molecular weight excluding hydrogens is 240 g/mol. The SMILES string of the molecule is NC1(c2ccc3c(Br)c[nH]c3c2)CC1. The number of halogens is 1. The molecule has 0 saturated heterocycles. The summed E-state index contributed by atoms with van der Waals surface area (Å²) in [6, 6.07) is 6.42. The van der Waals surface area contributed by atoms with E-state index >= 15 is 0 Å². The summed E-state index contributed by atoms with van der Waals surface area (Å²) in [7, 11) is 0. The molecule has 3 heteroatoms. The zero-order valence-electron chi connectivity index (χ0n) is 7.68. The number of fused-ring (bicyclic) bond motifs is 1. The number of nitrogens with one attached hydrogen (secondary N) is 1. The van der Waals surface area contributed by atoms with Crippen LogP contribution in [0.1, 0.15) is 18.4 Å². The second kappa shape index (κ2) is 2.61. The van der Waals surface area contributed by atoms with Crippen molar-refractivity contribution in [1.82, 2.24) is 4.98 Å². The standard InChI is InChI=1S/C11H11BrN2/c12-9-6-14-10-5-7(1-2-8(9)10)11(13)3-4-11/h1-2,5-6,14H,3-4,13H2. The van der Waals surface area contributed by atoms with E-state index < -0.39 is 0 Å². The molecule has 0 spiro atoms. The third-order valence-electron chi connectivity index (χ3n) is 2.99. The Labute approximate surface area is 90.6 Å². The molecule has 0 bridgehead atoms. The summed E-state index contributed by atoms with van der Waals surface area (Å²) in [5.41, 5.74) is 8.51. The highest BCUT2D eigenvalue weighted by Crippen LogP contribution is 2.43. The molecule has 2 aromatic rings. The molecule has 1 saturated carbocycles. The van der Waals surface area contributed by atoms with E-state index in [1.165, 1.54) is 10.9 Å². The van der Waals surface area contributed by atoms with Crippen molar-refractivity contribution in [3.8, 4) is 0 Å². The van der Waals surface area contributed by atoms with Crippen LogP contribution in [0.3, 0.4) is 0 Å². The van der Waals surface area contributed by atoms with Gasteiger partial charge in [0, 0.05) is 27.1 Å². The average Bonchev–Trinajstić information content (AvgIpc) is 2.84. The lowest BCUT2D eigenvalue weighted by Crippen LogP contribution is -2.18. The number of aromatic amines is 1. The summed E-state index contributed by atoms with van der Waals surface area (Å²) in [6.07, 6.45) is 4.19. The van der Waals surface area contributed by atoms with Gasteiger partial charge in [-0.05, 0) is 40.4 Å². The molecule has 1 aromatic carbocycles. The monoisotopic (exact) mass is 250 g/mol. The Kier molecular flexibility index (Phi) is 1.59. The number of hydrogen-bond acceptors (Lipinski definition) is 1. The van der Waals surface area contributed by atoms with Gasteiger partial charge in [0.15, 0.2) is 0 Å². The first-order chi connectivity index (χ1) is 6.69. The summed E-state index contributed by atoms with van der Waals surface area (Å²) in [5, 5.41) is 1.22. The van der Waals surface area contributed by atoms with Crippen molar-refractivity contribution < 1.29 is 0 Å². The van der Waals surface area contributed by atoms with Gasteiger partial charge in [0.05, 0.1) is 0 Å². The van der Waals surface area contributed by atoms with Crippen molar-refractivity contribution >= 4 is 26.8 Å². The molecule has 3 rings (SSSR count). The van der Waals surface area contributed by atoms with Crippen LogP contribution in [0.4, 0.5) is 0 Å². The topological polar surface area (TPSA) is 41.8 Å². The van der Waals surface area contributed by atoms with Gasteiger partial charge >= 0.3 is 0 Å². The van der Waals surface area contributed by atoms with Gasteiger partial charge in [-0.25, -0.2) is 0 Å². The number of nitrogens with two attached hydrogens (primary N) is 1. The molecule has 3 N–H and O–H groups in total. The minimum absolute atomic E-state index is 0.0359. The molecule has 1 fully saturated rings. The molecule has 1 aliphatic rings. The van der Waals surface area contributed by atoms with Crippen molar-refractivity contribution in [1.29, 1.82) is 0 Å². The van der Waals surface area contributed by atoms with Gasteiger partial charge in [-0.15, -0.1) is 0 Å². The van der Waals surface area contributed by atoms with Crippen molar-refractivity contribution in [3.05, 3.63) is 34.4 Å². The number of H-pyrrole nitrogens is 1. The fourth-order valence-corrected chi connectivity index (χ4v) is 2.28. The van der Waals surface area contributed by atoms with Crippen LogP contribution in [0, 0.1) is 0 Å². The zero-order chi connectivity index (χ0) is 9.76. The molecule has 72 valence electrons. The lowest BCUT2D eigenvalue weighted by molar-refractivity contribution is 0.741. The predicted molar refractivity (Wildman–Crippen MR) is 61.1 cm³/mol. The summed E-state index contributed by atoms with van der Waals surface area (Å²) in [6.45, 7) is 0. The van der Waals surface area contributed by atoms with E-state index in [0.29, 0.717) is 0 Å². The smallest absolute Gasteiger partial charge is 0.0469 e. The van der Waals surface area contributed by atoms with E-state index in [4.69, 9.17) is 5.73 Å². The zero-order valence-corrected chi connectivity index (χ0v) is 9.26. The Morgan fingerprint density at radius 2 is 2.14 bits per heavy atom. The fourth-order valence-electron chi connectivity index (χ4n) is 1.82. The molecule has 0 unspecified atom stereocenters. The number of aromatic nitrogens is 1. The Hall–Kier alpha value is -0.800. The first-order valence-corrected chi connectivity index (χ1v) is 5.54. The molecule has 2 nitrogen and oxygen atoms in total. The van der Waals surface area contributed by atoms with Gasteiger partial charge in [-0.2, -0.15) is 0 Å². The molecule has 1 aromatic heterocycles. The third-order valence-corrected chi connectivity index (χ3v) is 3.65. The van der Waals surface area contributed by atoms with Crippen LogP contribution in [0.5, 0.6) is 0 Å². The van der Waals surface area contributed by atoms with Gasteiger partial charge in [-0.3, -0.25) is 0 Å². The molecule has 0 aliphatic heterocycles. The molecule has 1 heterocycles. The van der Waals surface area contributed by atoms with Gasteiger partial charge in [0.2, 0.25) is 0 Å². The Bertz CT molecular complexity index is 497. The van der Waals surface area contributed by atoms with E-state index in [1.807, 2.05) is 6.20 Å². The van der Waals surface area contributed by atoms with Crippen molar-refractivity contribution in [2.24, 2.45) is 5.73 Å². The van der Waals surface area contributed by atoms with Crippen LogP contribution >= 0.6 is 15.9 Å². The van der Waals surface area contributed by atoms with Crippen LogP contribution in [-0.4, -0.2) is 4.98 Å². The quantitative estimate of drug-likeness (QED) is 0.803. The molecule has 0 atom stereocenters. The fraction of sp³-hybridized carbons (Fsp3) is 0.273. The molecule has 14 heavy (non-hydrogen) atoms. The van der Waals surface area contributed by atoms with Crippen LogP contribution in [0.2, 0.25) is 0 Å². The van der Waals surface area contributed by atoms with E-state index in [-0.39, 0.29) is 5.54 Å². The summed E-state index contributed by atoms with van der Waals surface area (Å²) in [4.78, 5) is 3.23. The first-order valence-electron chi connectivity index (χ1n) is 4.75. The summed E-state index contributed by atoms with van der Waals surface area (Å²) >= 11 is 3.49. The summed E-state index contributed by atoms with van der Waals surface area (Å²) in [5.74, 6) is 0. The van der Waals surface area contributed by atoms with Crippen LogP contribution in [-0.2, 0) is 5.54 Å². The first kappa shape index (κ1) is 8.50. The molecule has 1 aliphatic carbocycles. The minimum Gasteiger partial charge on any atom is -0.360 e. The highest BCUT2D eigenvalue weighted by atomic mass is 79.9. The average molecular weight is 251 g/mol. The normalized spacial score (nSPS) is 18.7. The van der Waals surface area contributed by atoms with Crippen molar-refractivity contribution in [3.63, 3.8) is 0 Å². The minimum atomic E-state index is -0.0359. The predicted octanol–water partition coefficient (Wildman–Crippen LogP) is 2.88. The van der Waals surface area contributed by atoms with Gasteiger partial charge < -0.3 is 10.7 Å². The highest BCUT2D eigenvalue weighted by molar-refractivity contribution is 9.10. The maximum absolute atomic E-state index is 6.14. The lowest BCUT2D eigenvalue weighted by atomic mass is 10.0. The number of benzene rings is 1. The molecule has 0 radical (unpaired) electrons. The number of rotatable bonds is 1. The Morgan fingerprint density at radius 1 is 1.36 bits per heavy atom. The van der Waals surface area contributed by atoms with Crippen LogP contribution in [0.15, 0.2) is 28.9 Å². The summed E-state index contributed by atoms with van der Waals surface area (Å²) < 4.78 is 1.11. The van der Waals surface area contributed by atoms with Crippen molar-refractivity contribution in [2.45, 2.75) is 18.4 Å².